The van der Waals surface area contributed by atoms with Crippen LogP contribution in [0.2, 0.25) is 0 Å². The molecule has 1 saturated carbocycles. The van der Waals surface area contributed by atoms with Gasteiger partial charge in [0, 0.05) is 12.1 Å². The molecule has 2 aliphatic rings. The second-order valence-corrected chi connectivity index (χ2v) is 6.12. The molecule has 1 aliphatic heterocycles. The van der Waals surface area contributed by atoms with Crippen molar-refractivity contribution in [2.75, 3.05) is 0 Å². The Morgan fingerprint density at radius 1 is 1.21 bits per heavy atom. The van der Waals surface area contributed by atoms with Crippen molar-refractivity contribution in [2.24, 2.45) is 16.3 Å². The number of rotatable bonds is 2. The Kier molecular flexibility index (Phi) is 4.02. The first kappa shape index (κ1) is 14.2. The average molecular weight is 267 g/mol. The fraction of sp³-hybridized carbons (Fsp3) is 0.857. The topological polar surface area (TPSA) is 78.9 Å². The highest BCUT2D eigenvalue weighted by Gasteiger charge is 2.49. The first-order valence-electron chi connectivity index (χ1n) is 7.33. The van der Waals surface area contributed by atoms with Crippen LogP contribution in [0.4, 0.5) is 0 Å². The summed E-state index contributed by atoms with van der Waals surface area (Å²) in [4.78, 5) is 15.0. The molecule has 1 heterocycles. The van der Waals surface area contributed by atoms with Crippen LogP contribution in [0.15, 0.2) is 5.16 Å². The van der Waals surface area contributed by atoms with Crippen LogP contribution >= 0.6 is 0 Å². The van der Waals surface area contributed by atoms with Crippen molar-refractivity contribution in [3.8, 4) is 0 Å². The van der Waals surface area contributed by atoms with E-state index in [1.54, 1.807) is 0 Å². The van der Waals surface area contributed by atoms with Crippen molar-refractivity contribution in [3.63, 3.8) is 0 Å². The minimum Gasteiger partial charge on any atom is -0.409 e. The van der Waals surface area contributed by atoms with Crippen molar-refractivity contribution < 1.29 is 10.0 Å². The van der Waals surface area contributed by atoms with E-state index in [9.17, 15) is 4.79 Å². The Balaban J connectivity index is 2.29. The van der Waals surface area contributed by atoms with Crippen LogP contribution in [0.3, 0.4) is 0 Å². The van der Waals surface area contributed by atoms with Crippen LogP contribution < -0.4 is 5.73 Å². The molecule has 0 unspecified atom stereocenters. The van der Waals surface area contributed by atoms with E-state index in [4.69, 9.17) is 10.9 Å². The highest BCUT2D eigenvalue weighted by molar-refractivity contribution is 6.07. The highest BCUT2D eigenvalue weighted by Crippen LogP contribution is 2.42. The molecule has 0 aromatic carbocycles. The molecular formula is C14H25N3O2. The molecule has 2 atom stereocenters. The number of likely N-dealkylation sites (tertiary alicyclic amines) is 1. The fourth-order valence-electron chi connectivity index (χ4n) is 3.72. The maximum atomic E-state index is 13.0. The molecule has 19 heavy (non-hydrogen) atoms. The van der Waals surface area contributed by atoms with Gasteiger partial charge in [-0.05, 0) is 46.0 Å². The maximum absolute atomic E-state index is 13.0. The summed E-state index contributed by atoms with van der Waals surface area (Å²) in [6.45, 7) is 4.20. The van der Waals surface area contributed by atoms with Gasteiger partial charge in [0.15, 0.2) is 5.84 Å². The van der Waals surface area contributed by atoms with Gasteiger partial charge < -0.3 is 15.8 Å². The largest absolute Gasteiger partial charge is 0.409 e. The summed E-state index contributed by atoms with van der Waals surface area (Å²) in [6.07, 6.45) is 6.61. The lowest BCUT2D eigenvalue weighted by Gasteiger charge is -2.43. The predicted octanol–water partition coefficient (Wildman–Crippen LogP) is 2.08. The number of piperidine rings is 1. The smallest absolute Gasteiger partial charge is 0.237 e. The predicted molar refractivity (Wildman–Crippen MR) is 73.9 cm³/mol. The highest BCUT2D eigenvalue weighted by atomic mass is 16.4. The lowest BCUT2D eigenvalue weighted by atomic mass is 9.81. The van der Waals surface area contributed by atoms with E-state index in [1.165, 1.54) is 6.42 Å². The zero-order valence-corrected chi connectivity index (χ0v) is 11.9. The molecule has 2 fully saturated rings. The first-order chi connectivity index (χ1) is 9.03. The number of amides is 1. The molecule has 0 spiro atoms. The van der Waals surface area contributed by atoms with Gasteiger partial charge in [0.05, 0.1) is 0 Å². The number of carbonyl (C=O) groups is 1. The summed E-state index contributed by atoms with van der Waals surface area (Å²) in [5, 5.41) is 12.2. The lowest BCUT2D eigenvalue weighted by Crippen LogP contribution is -2.56. The van der Waals surface area contributed by atoms with E-state index < -0.39 is 5.41 Å². The van der Waals surface area contributed by atoms with E-state index in [-0.39, 0.29) is 23.8 Å². The molecule has 0 radical (unpaired) electrons. The molecule has 1 saturated heterocycles. The molecule has 0 aromatic heterocycles. The molecule has 2 rings (SSSR count). The summed E-state index contributed by atoms with van der Waals surface area (Å²) in [5.41, 5.74) is 5.11. The third-order valence-electron chi connectivity index (χ3n) is 4.89. The summed E-state index contributed by atoms with van der Waals surface area (Å²) in [7, 11) is 0. The molecule has 3 N–H and O–H groups in total. The molecule has 5 nitrogen and oxygen atoms in total. The van der Waals surface area contributed by atoms with Crippen molar-refractivity contribution in [3.05, 3.63) is 0 Å². The number of oxime groups is 1. The summed E-state index contributed by atoms with van der Waals surface area (Å²) >= 11 is 0. The number of carbonyl (C=O) groups excluding carboxylic acids is 1. The minimum absolute atomic E-state index is 0.0694. The maximum Gasteiger partial charge on any atom is 0.237 e. The number of amidine groups is 1. The lowest BCUT2D eigenvalue weighted by molar-refractivity contribution is -0.144. The number of nitrogens with two attached hydrogens (primary N) is 1. The summed E-state index contributed by atoms with van der Waals surface area (Å²) in [5.74, 6) is 0.167. The summed E-state index contributed by atoms with van der Waals surface area (Å²) in [6, 6.07) is 0.500. The molecule has 1 amide bonds. The minimum atomic E-state index is -0.755. The van der Waals surface area contributed by atoms with Gasteiger partial charge in [-0.25, -0.2) is 0 Å². The standard InChI is InChI=1S/C14H25N3O2/c1-10-6-5-7-11(2)17(10)13(18)14(12(15)16-19)8-3-4-9-14/h10-11,19H,3-9H2,1-2H3,(H2,15,16)/t10-,11+. The van der Waals surface area contributed by atoms with Crippen molar-refractivity contribution >= 4 is 11.7 Å². The number of hydrogen-bond donors (Lipinski definition) is 2. The molecule has 0 bridgehead atoms. The van der Waals surface area contributed by atoms with Gasteiger partial charge in [-0.15, -0.1) is 0 Å². The van der Waals surface area contributed by atoms with Crippen LogP contribution in [0.25, 0.3) is 0 Å². The van der Waals surface area contributed by atoms with Crippen molar-refractivity contribution in [1.29, 1.82) is 0 Å². The molecule has 108 valence electrons. The van der Waals surface area contributed by atoms with Gasteiger partial charge in [0.1, 0.15) is 5.41 Å². The van der Waals surface area contributed by atoms with Crippen LogP contribution in [0.1, 0.15) is 58.8 Å². The second kappa shape index (κ2) is 5.39. The Hall–Kier alpha value is -1.26. The Morgan fingerprint density at radius 2 is 1.74 bits per heavy atom. The molecular weight excluding hydrogens is 242 g/mol. The first-order valence-corrected chi connectivity index (χ1v) is 7.33. The van der Waals surface area contributed by atoms with E-state index in [2.05, 4.69) is 19.0 Å². The van der Waals surface area contributed by atoms with Crippen LogP contribution in [0, 0.1) is 5.41 Å². The monoisotopic (exact) mass is 267 g/mol. The Labute approximate surface area is 114 Å². The third kappa shape index (κ3) is 2.30. The van der Waals surface area contributed by atoms with E-state index >= 15 is 0 Å². The van der Waals surface area contributed by atoms with Gasteiger partial charge in [-0.2, -0.15) is 0 Å². The van der Waals surface area contributed by atoms with Gasteiger partial charge in [-0.3, -0.25) is 4.79 Å². The molecule has 5 heteroatoms. The van der Waals surface area contributed by atoms with Crippen molar-refractivity contribution in [2.45, 2.75) is 70.9 Å². The number of hydrogen-bond acceptors (Lipinski definition) is 3. The van der Waals surface area contributed by atoms with E-state index in [0.29, 0.717) is 12.8 Å². The van der Waals surface area contributed by atoms with Gasteiger partial charge in [-0.1, -0.05) is 18.0 Å². The average Bonchev–Trinajstić information content (AvgIpc) is 2.88. The van der Waals surface area contributed by atoms with Crippen LogP contribution in [-0.2, 0) is 4.79 Å². The van der Waals surface area contributed by atoms with Gasteiger partial charge >= 0.3 is 0 Å². The Morgan fingerprint density at radius 3 is 2.21 bits per heavy atom. The van der Waals surface area contributed by atoms with Crippen LogP contribution in [0.5, 0.6) is 0 Å². The molecule has 1 aliphatic carbocycles. The zero-order valence-electron chi connectivity index (χ0n) is 11.9. The normalized spacial score (nSPS) is 31.5. The second-order valence-electron chi connectivity index (χ2n) is 6.12. The van der Waals surface area contributed by atoms with Gasteiger partial charge in [0.25, 0.3) is 0 Å². The van der Waals surface area contributed by atoms with E-state index in [1.807, 2.05) is 4.90 Å². The van der Waals surface area contributed by atoms with Crippen molar-refractivity contribution in [1.82, 2.24) is 4.90 Å². The zero-order chi connectivity index (χ0) is 14.0. The third-order valence-corrected chi connectivity index (χ3v) is 4.89. The van der Waals surface area contributed by atoms with E-state index in [0.717, 1.165) is 25.7 Å². The van der Waals surface area contributed by atoms with Gasteiger partial charge in [0.2, 0.25) is 5.91 Å². The SMILES string of the molecule is C[C@@H]1CCC[C@H](C)N1C(=O)C1(C(N)=NO)CCCC1. The van der Waals surface area contributed by atoms with Crippen LogP contribution in [-0.4, -0.2) is 33.9 Å². The fourth-order valence-corrected chi connectivity index (χ4v) is 3.72. The Bertz CT molecular complexity index is 365. The molecule has 0 aromatic rings. The number of nitrogens with zero attached hydrogens (tertiary/aromatic N) is 2. The quantitative estimate of drug-likeness (QED) is 0.348. The summed E-state index contributed by atoms with van der Waals surface area (Å²) < 4.78 is 0.